The second-order valence-corrected chi connectivity index (χ2v) is 14.7. The van der Waals surface area contributed by atoms with Crippen molar-refractivity contribution in [3.05, 3.63) is 68.6 Å². The van der Waals surface area contributed by atoms with Crippen LogP contribution in [-0.4, -0.2) is 108 Å². The molecule has 0 radical (unpaired) electrons. The molecule has 1 saturated heterocycles. The molecule has 16 heteroatoms. The first-order valence-electron chi connectivity index (χ1n) is 17.7. The number of phenols is 1. The van der Waals surface area contributed by atoms with Crippen LogP contribution in [0.15, 0.2) is 45.1 Å². The lowest BCUT2D eigenvalue weighted by Crippen LogP contribution is -2.65. The smallest absolute Gasteiger partial charge is 0.404 e. The first kappa shape index (κ1) is 42.6. The number of rotatable bonds is 14. The van der Waals surface area contributed by atoms with Crippen molar-refractivity contribution in [2.45, 2.75) is 90.6 Å². The predicted molar refractivity (Wildman–Crippen MR) is 203 cm³/mol. The lowest BCUT2D eigenvalue weighted by atomic mass is 9.89. The zero-order valence-corrected chi connectivity index (χ0v) is 32.7. The van der Waals surface area contributed by atoms with Gasteiger partial charge >= 0.3 is 11.7 Å². The molecule has 1 aliphatic rings. The largest absolute Gasteiger partial charge is 0.507 e. The molecule has 3 aromatic rings. The van der Waals surface area contributed by atoms with E-state index in [1.165, 1.54) is 36.3 Å². The van der Waals surface area contributed by atoms with E-state index >= 15 is 0 Å². The number of benzene rings is 2. The fraction of sp³-hybridized carbons (Fsp3) is 0.487. The van der Waals surface area contributed by atoms with Crippen molar-refractivity contribution in [1.82, 2.24) is 9.80 Å². The number of allylic oxidation sites excluding steroid dienone is 2. The summed E-state index contributed by atoms with van der Waals surface area (Å²) in [6.07, 6.45) is -3.09. The summed E-state index contributed by atoms with van der Waals surface area (Å²) in [6, 6.07) is 5.75. The molecule has 300 valence electrons. The van der Waals surface area contributed by atoms with E-state index in [-0.39, 0.29) is 46.0 Å². The summed E-state index contributed by atoms with van der Waals surface area (Å²) in [5.74, 6) is -1.44. The van der Waals surface area contributed by atoms with Gasteiger partial charge in [-0.2, -0.15) is 0 Å². The van der Waals surface area contributed by atoms with Crippen LogP contribution < -0.4 is 21.4 Å². The van der Waals surface area contributed by atoms with Crippen molar-refractivity contribution in [2.75, 3.05) is 40.1 Å². The summed E-state index contributed by atoms with van der Waals surface area (Å²) in [4.78, 5) is 55.0. The number of hydrogen-bond acceptors (Lipinski definition) is 13. The van der Waals surface area contributed by atoms with Gasteiger partial charge < -0.3 is 59.5 Å². The lowest BCUT2D eigenvalue weighted by Gasteiger charge is -2.47. The number of amides is 3. The molecule has 2 heterocycles. The minimum Gasteiger partial charge on any atom is -0.507 e. The molecule has 1 aliphatic heterocycles. The van der Waals surface area contributed by atoms with Crippen LogP contribution in [0.5, 0.6) is 17.2 Å². The zero-order valence-electron chi connectivity index (χ0n) is 32.7. The van der Waals surface area contributed by atoms with Gasteiger partial charge in [0.2, 0.25) is 12.2 Å². The highest BCUT2D eigenvalue weighted by atomic mass is 16.7. The van der Waals surface area contributed by atoms with Gasteiger partial charge in [0.05, 0.1) is 11.0 Å². The Morgan fingerprint density at radius 1 is 1.07 bits per heavy atom. The number of aromatic hydroxyl groups is 2. The number of anilines is 1. The van der Waals surface area contributed by atoms with Gasteiger partial charge in [0.15, 0.2) is 23.6 Å². The molecule has 0 bridgehead atoms. The molecular weight excluding hydrogens is 716 g/mol. The third-order valence-electron chi connectivity index (χ3n) is 9.34. The summed E-state index contributed by atoms with van der Waals surface area (Å²) in [6.45, 7) is 9.40. The number of phenolic OH excluding ortho intramolecular Hbond substituents is 1. The molecule has 0 unspecified atom stereocenters. The second kappa shape index (κ2) is 17.5. The highest BCUT2D eigenvalue weighted by Crippen LogP contribution is 2.39. The predicted octanol–water partition coefficient (Wildman–Crippen LogP) is 3.93. The summed E-state index contributed by atoms with van der Waals surface area (Å²) in [5.41, 5.74) is 4.50. The molecule has 16 nitrogen and oxygen atoms in total. The molecule has 4 atom stereocenters. The van der Waals surface area contributed by atoms with E-state index in [4.69, 9.17) is 29.1 Å². The van der Waals surface area contributed by atoms with Gasteiger partial charge in [0, 0.05) is 43.8 Å². The maximum atomic E-state index is 13.7. The van der Waals surface area contributed by atoms with Gasteiger partial charge in [-0.05, 0) is 97.9 Å². The number of primary amides is 1. The maximum absolute atomic E-state index is 13.7. The van der Waals surface area contributed by atoms with E-state index in [1.54, 1.807) is 27.8 Å². The number of aliphatic hydroxyl groups excluding tert-OH is 1. The van der Waals surface area contributed by atoms with Crippen LogP contribution in [0.25, 0.3) is 11.0 Å². The van der Waals surface area contributed by atoms with Crippen LogP contribution in [0.1, 0.15) is 67.6 Å². The Morgan fingerprint density at radius 3 is 2.36 bits per heavy atom. The van der Waals surface area contributed by atoms with Crippen molar-refractivity contribution < 1.29 is 53.1 Å². The van der Waals surface area contributed by atoms with E-state index in [1.807, 2.05) is 38.9 Å². The van der Waals surface area contributed by atoms with Crippen molar-refractivity contribution in [1.29, 1.82) is 0 Å². The van der Waals surface area contributed by atoms with Crippen LogP contribution in [0.4, 0.5) is 10.5 Å². The number of carbonyl (C=O) groups excluding carboxylic acids is 3. The molecule has 1 aromatic heterocycles. The molecule has 4 rings (SSSR count). The molecule has 55 heavy (non-hydrogen) atoms. The quantitative estimate of drug-likeness (QED) is 0.116. The minimum absolute atomic E-state index is 0.0226. The molecule has 3 amide bonds. The maximum Gasteiger partial charge on any atom is 0.404 e. The number of nitrogens with zero attached hydrogens (tertiary/aromatic N) is 2. The summed E-state index contributed by atoms with van der Waals surface area (Å²) in [7, 11) is 6.83. The number of aryl methyl sites for hydroxylation is 1. The summed E-state index contributed by atoms with van der Waals surface area (Å²) in [5, 5.41) is 36.0. The lowest BCUT2D eigenvalue weighted by molar-refractivity contribution is -0.304. The Balaban J connectivity index is 1.64. The number of ether oxygens (including phenoxy) is 4. The number of nitrogens with one attached hydrogen (secondary N) is 1. The average molecular weight is 769 g/mol. The zero-order chi connectivity index (χ0) is 40.9. The van der Waals surface area contributed by atoms with Crippen molar-refractivity contribution >= 4 is 34.6 Å². The molecule has 0 spiro atoms. The Labute approximate surface area is 319 Å². The Bertz CT molecular complexity index is 2000. The molecule has 0 saturated carbocycles. The summed E-state index contributed by atoms with van der Waals surface area (Å²) < 4.78 is 28.1. The fourth-order valence-corrected chi connectivity index (χ4v) is 6.42. The van der Waals surface area contributed by atoms with E-state index in [9.17, 15) is 34.5 Å². The average Bonchev–Trinajstić information content (AvgIpc) is 3.09. The van der Waals surface area contributed by atoms with Crippen LogP contribution in [-0.2, 0) is 32.0 Å². The van der Waals surface area contributed by atoms with Gasteiger partial charge in [0.25, 0.3) is 5.91 Å². The fourth-order valence-electron chi connectivity index (χ4n) is 6.42. The van der Waals surface area contributed by atoms with Crippen LogP contribution >= 0.6 is 0 Å². The number of aliphatic hydroxyl groups is 1. The first-order valence-corrected chi connectivity index (χ1v) is 17.7. The number of methoxy groups -OCH3 is 1. The number of hydrogen-bond donors (Lipinski definition) is 5. The standard InChI is InChI=1S/C39H52N4O12/c1-20(2)12-13-22-17-23(18-24(29(22)45)19-43(8)27(44)11-10-16-42(6)7)35(48)41-28-30(46)25-14-15-26(21(3)32(25)53-36(28)49)52-37-31(47)33(54-38(40)50)34(51-9)39(4,5)55-37/h12,14-15,17-18,31,33-34,37,45-47H,10-11,13,16,19H2,1-9H3,(H2,40,50)(H,41,48)/t31-,33+,34-,37-/m1/s1. The third-order valence-corrected chi connectivity index (χ3v) is 9.34. The van der Waals surface area contributed by atoms with Crippen LogP contribution in [0, 0.1) is 6.92 Å². The number of fused-ring (bicyclic) bond motifs is 1. The van der Waals surface area contributed by atoms with Gasteiger partial charge in [-0.25, -0.2) is 9.59 Å². The van der Waals surface area contributed by atoms with Gasteiger partial charge in [0.1, 0.15) is 23.2 Å². The Morgan fingerprint density at radius 2 is 1.75 bits per heavy atom. The third kappa shape index (κ3) is 9.94. The van der Waals surface area contributed by atoms with Crippen molar-refractivity contribution in [2.24, 2.45) is 5.73 Å². The molecule has 6 N–H and O–H groups in total. The molecule has 2 aromatic carbocycles. The normalized spacial score (nSPS) is 19.2. The minimum atomic E-state index is -1.55. The first-order chi connectivity index (χ1) is 25.7. The molecular formula is C39H52N4O12. The topological polar surface area (TPSA) is 224 Å². The van der Waals surface area contributed by atoms with Gasteiger partial charge in [-0.3, -0.25) is 9.59 Å². The van der Waals surface area contributed by atoms with Gasteiger partial charge in [-0.15, -0.1) is 0 Å². The van der Waals surface area contributed by atoms with Crippen LogP contribution in [0.3, 0.4) is 0 Å². The van der Waals surface area contributed by atoms with Crippen molar-refractivity contribution in [3.8, 4) is 17.2 Å². The van der Waals surface area contributed by atoms with E-state index in [0.29, 0.717) is 30.4 Å². The van der Waals surface area contributed by atoms with E-state index in [0.717, 1.165) is 12.1 Å². The van der Waals surface area contributed by atoms with E-state index in [2.05, 4.69) is 5.32 Å². The molecule has 0 aliphatic carbocycles. The highest BCUT2D eigenvalue weighted by Gasteiger charge is 2.53. The van der Waals surface area contributed by atoms with Crippen molar-refractivity contribution in [3.63, 3.8) is 0 Å². The van der Waals surface area contributed by atoms with E-state index < -0.39 is 59.3 Å². The Hall–Kier alpha value is -5.16. The summed E-state index contributed by atoms with van der Waals surface area (Å²) >= 11 is 0. The number of carbonyl (C=O) groups is 3. The van der Waals surface area contributed by atoms with Gasteiger partial charge in [-0.1, -0.05) is 11.6 Å². The second-order valence-electron chi connectivity index (χ2n) is 14.7. The SMILES string of the molecule is CO[C@@H]1[C@@H](OC(N)=O)[C@@H](O)[C@H](Oc2ccc3c(O)c(NC(=O)c4cc(CC=C(C)C)c(O)c(CN(C)C(=O)CCCN(C)C)c4)c(=O)oc3c2C)OC1(C)C. The Kier molecular flexibility index (Phi) is 13.6. The highest BCUT2D eigenvalue weighted by molar-refractivity contribution is 6.07. The van der Waals surface area contributed by atoms with Crippen LogP contribution in [0.2, 0.25) is 0 Å². The monoisotopic (exact) mass is 768 g/mol. The number of nitrogens with two attached hydrogens (primary N) is 1. The molecule has 1 fully saturated rings.